The summed E-state index contributed by atoms with van der Waals surface area (Å²) in [6.07, 6.45) is 1.09. The summed E-state index contributed by atoms with van der Waals surface area (Å²) >= 11 is 0. The van der Waals surface area contributed by atoms with E-state index in [2.05, 4.69) is 12.2 Å². The fourth-order valence-corrected chi connectivity index (χ4v) is 2.47. The van der Waals surface area contributed by atoms with Gasteiger partial charge in [-0.1, -0.05) is 13.0 Å². The maximum Gasteiger partial charge on any atom is 0.126 e. The number of hydrogen-bond donors (Lipinski definition) is 1. The molecule has 0 radical (unpaired) electrons. The minimum absolute atomic E-state index is 0.234. The van der Waals surface area contributed by atoms with E-state index in [4.69, 9.17) is 4.74 Å². The van der Waals surface area contributed by atoms with Gasteiger partial charge in [0.2, 0.25) is 0 Å². The van der Waals surface area contributed by atoms with E-state index in [1.807, 2.05) is 6.07 Å². The van der Waals surface area contributed by atoms with E-state index in [1.54, 1.807) is 7.11 Å². The molecule has 1 saturated heterocycles. The quantitative estimate of drug-likeness (QED) is 0.832. The van der Waals surface area contributed by atoms with Crippen LogP contribution in [0.5, 0.6) is 5.75 Å². The van der Waals surface area contributed by atoms with Gasteiger partial charge in [0.05, 0.1) is 7.11 Å². The summed E-state index contributed by atoms with van der Waals surface area (Å²) in [5.41, 5.74) is 1.14. The van der Waals surface area contributed by atoms with Crippen molar-refractivity contribution < 1.29 is 9.13 Å². The van der Waals surface area contributed by atoms with Gasteiger partial charge in [0.15, 0.2) is 0 Å². The largest absolute Gasteiger partial charge is 0.496 e. The van der Waals surface area contributed by atoms with E-state index >= 15 is 0 Å². The highest BCUT2D eigenvalue weighted by Gasteiger charge is 2.25. The van der Waals surface area contributed by atoms with Gasteiger partial charge >= 0.3 is 0 Å². The van der Waals surface area contributed by atoms with Gasteiger partial charge in [0.25, 0.3) is 0 Å². The van der Waals surface area contributed by atoms with Crippen LogP contribution in [0.2, 0.25) is 0 Å². The Hall–Kier alpha value is -1.09. The number of nitrogens with one attached hydrogen (secondary N) is 1. The minimum atomic E-state index is -0.234. The first-order chi connectivity index (χ1) is 7.72. The predicted molar refractivity (Wildman–Crippen MR) is 62.3 cm³/mol. The molecule has 0 spiro atoms. The number of halogens is 1. The summed E-state index contributed by atoms with van der Waals surface area (Å²) in [5.74, 6) is 1.48. The van der Waals surface area contributed by atoms with Crippen LogP contribution >= 0.6 is 0 Å². The molecule has 0 aliphatic carbocycles. The van der Waals surface area contributed by atoms with Crippen molar-refractivity contribution in [1.29, 1.82) is 0 Å². The fourth-order valence-electron chi connectivity index (χ4n) is 2.47. The molecule has 1 aromatic carbocycles. The van der Waals surface area contributed by atoms with Gasteiger partial charge in [0.1, 0.15) is 11.6 Å². The average molecular weight is 223 g/mol. The van der Waals surface area contributed by atoms with Gasteiger partial charge in [-0.05, 0) is 43.0 Å². The van der Waals surface area contributed by atoms with Gasteiger partial charge in [-0.25, -0.2) is 4.39 Å². The standard InChI is InChI=1S/C13H18FNO/c1-9-8-15-6-5-11(9)12-4-3-10(14)7-13(12)16-2/h3-4,7,9,11,15H,5-6,8H2,1-2H3/t9-,11+/m0/s1. The molecule has 0 aromatic heterocycles. The monoisotopic (exact) mass is 223 g/mol. The Labute approximate surface area is 95.8 Å². The Morgan fingerprint density at radius 2 is 2.25 bits per heavy atom. The van der Waals surface area contributed by atoms with Gasteiger partial charge < -0.3 is 10.1 Å². The van der Waals surface area contributed by atoms with E-state index < -0.39 is 0 Å². The second kappa shape index (κ2) is 4.83. The molecule has 0 unspecified atom stereocenters. The third kappa shape index (κ3) is 2.19. The summed E-state index contributed by atoms with van der Waals surface area (Å²) in [4.78, 5) is 0. The Morgan fingerprint density at radius 3 is 2.94 bits per heavy atom. The Morgan fingerprint density at radius 1 is 1.44 bits per heavy atom. The molecule has 2 nitrogen and oxygen atoms in total. The van der Waals surface area contributed by atoms with Crippen molar-refractivity contribution in [2.45, 2.75) is 19.3 Å². The van der Waals surface area contributed by atoms with Crippen molar-refractivity contribution in [1.82, 2.24) is 5.32 Å². The lowest BCUT2D eigenvalue weighted by atomic mass is 9.82. The van der Waals surface area contributed by atoms with Crippen LogP contribution in [0.3, 0.4) is 0 Å². The van der Waals surface area contributed by atoms with Gasteiger partial charge in [-0.2, -0.15) is 0 Å². The van der Waals surface area contributed by atoms with Crippen LogP contribution in [0.15, 0.2) is 18.2 Å². The predicted octanol–water partition coefficient (Wildman–Crippen LogP) is 2.55. The van der Waals surface area contributed by atoms with Crippen molar-refractivity contribution in [3.8, 4) is 5.75 Å². The lowest BCUT2D eigenvalue weighted by Crippen LogP contribution is -2.33. The first-order valence-electron chi connectivity index (χ1n) is 5.76. The lowest BCUT2D eigenvalue weighted by Gasteiger charge is -2.30. The number of ether oxygens (including phenoxy) is 1. The molecular weight excluding hydrogens is 205 g/mol. The smallest absolute Gasteiger partial charge is 0.126 e. The summed E-state index contributed by atoms with van der Waals surface area (Å²) in [7, 11) is 1.60. The Kier molecular flexibility index (Phi) is 3.44. The molecule has 1 aliphatic rings. The Balaban J connectivity index is 2.30. The maximum absolute atomic E-state index is 13.1. The van der Waals surface area contributed by atoms with E-state index in [0.717, 1.165) is 25.1 Å². The highest BCUT2D eigenvalue weighted by atomic mass is 19.1. The molecule has 1 fully saturated rings. The SMILES string of the molecule is COc1cc(F)ccc1[C@@H]1CCNC[C@@H]1C. The molecule has 2 atom stereocenters. The first-order valence-corrected chi connectivity index (χ1v) is 5.76. The summed E-state index contributed by atoms with van der Waals surface area (Å²) in [5, 5.41) is 3.37. The lowest BCUT2D eigenvalue weighted by molar-refractivity contribution is 0.333. The van der Waals surface area contributed by atoms with Crippen LogP contribution in [-0.4, -0.2) is 20.2 Å². The van der Waals surface area contributed by atoms with Crippen molar-refractivity contribution in [3.63, 3.8) is 0 Å². The van der Waals surface area contributed by atoms with Gasteiger partial charge in [-0.3, -0.25) is 0 Å². The van der Waals surface area contributed by atoms with E-state index in [-0.39, 0.29) is 5.82 Å². The summed E-state index contributed by atoms with van der Waals surface area (Å²) in [6, 6.07) is 4.86. The Bertz CT molecular complexity index is 367. The van der Waals surface area contributed by atoms with Crippen LogP contribution in [0, 0.1) is 11.7 Å². The topological polar surface area (TPSA) is 21.3 Å². The number of piperidine rings is 1. The molecular formula is C13H18FNO. The van der Waals surface area contributed by atoms with Crippen molar-refractivity contribution in [3.05, 3.63) is 29.6 Å². The number of benzene rings is 1. The van der Waals surface area contributed by atoms with Crippen LogP contribution in [0.4, 0.5) is 4.39 Å². The van der Waals surface area contributed by atoms with E-state index in [1.165, 1.54) is 12.1 Å². The zero-order valence-corrected chi connectivity index (χ0v) is 9.79. The minimum Gasteiger partial charge on any atom is -0.496 e. The molecule has 1 aromatic rings. The van der Waals surface area contributed by atoms with Crippen LogP contribution in [0.25, 0.3) is 0 Å². The molecule has 3 heteroatoms. The summed E-state index contributed by atoms with van der Waals surface area (Å²) in [6.45, 7) is 4.26. The number of methoxy groups -OCH3 is 1. The first kappa shape index (κ1) is 11.4. The zero-order chi connectivity index (χ0) is 11.5. The van der Waals surface area contributed by atoms with Crippen LogP contribution < -0.4 is 10.1 Å². The van der Waals surface area contributed by atoms with Gasteiger partial charge in [0, 0.05) is 6.07 Å². The third-order valence-corrected chi connectivity index (χ3v) is 3.38. The number of rotatable bonds is 2. The second-order valence-electron chi connectivity index (χ2n) is 4.46. The molecule has 16 heavy (non-hydrogen) atoms. The highest BCUT2D eigenvalue weighted by Crippen LogP contribution is 2.35. The second-order valence-corrected chi connectivity index (χ2v) is 4.46. The van der Waals surface area contributed by atoms with Crippen molar-refractivity contribution in [2.24, 2.45) is 5.92 Å². The fraction of sp³-hybridized carbons (Fsp3) is 0.538. The van der Waals surface area contributed by atoms with Crippen LogP contribution in [-0.2, 0) is 0 Å². The zero-order valence-electron chi connectivity index (χ0n) is 9.79. The molecule has 0 saturated carbocycles. The molecule has 88 valence electrons. The molecule has 0 amide bonds. The van der Waals surface area contributed by atoms with Crippen LogP contribution in [0.1, 0.15) is 24.8 Å². The van der Waals surface area contributed by atoms with Gasteiger partial charge in [-0.15, -0.1) is 0 Å². The normalized spacial score (nSPS) is 25.4. The van der Waals surface area contributed by atoms with Crippen molar-refractivity contribution >= 4 is 0 Å². The molecule has 0 bridgehead atoms. The molecule has 1 aliphatic heterocycles. The molecule has 1 heterocycles. The third-order valence-electron chi connectivity index (χ3n) is 3.38. The molecule has 1 N–H and O–H groups in total. The van der Waals surface area contributed by atoms with E-state index in [0.29, 0.717) is 17.6 Å². The highest BCUT2D eigenvalue weighted by molar-refractivity contribution is 5.37. The average Bonchev–Trinajstić information content (AvgIpc) is 2.30. The number of hydrogen-bond acceptors (Lipinski definition) is 2. The molecule has 2 rings (SSSR count). The van der Waals surface area contributed by atoms with E-state index in [9.17, 15) is 4.39 Å². The maximum atomic E-state index is 13.1. The summed E-state index contributed by atoms with van der Waals surface area (Å²) < 4.78 is 18.4. The van der Waals surface area contributed by atoms with Crippen molar-refractivity contribution in [2.75, 3.05) is 20.2 Å².